The molecule has 0 saturated carbocycles. The van der Waals surface area contributed by atoms with Crippen molar-refractivity contribution in [1.29, 1.82) is 0 Å². The summed E-state index contributed by atoms with van der Waals surface area (Å²) in [6.45, 7) is 5.24. The van der Waals surface area contributed by atoms with Gasteiger partial charge >= 0.3 is 0 Å². The third kappa shape index (κ3) is 6.85. The maximum atomic E-state index is 11.8. The Morgan fingerprint density at radius 2 is 1.88 bits per heavy atom. The van der Waals surface area contributed by atoms with Crippen LogP contribution in [0.25, 0.3) is 0 Å². The predicted octanol–water partition coefficient (Wildman–Crippen LogP) is 0.647. The average Bonchev–Trinajstić information content (AvgIpc) is 2.15. The fourth-order valence-corrected chi connectivity index (χ4v) is 2.84. The highest BCUT2D eigenvalue weighted by Gasteiger charge is 2.22. The molecule has 0 radical (unpaired) electrons. The quantitative estimate of drug-likeness (QED) is 0.698. The van der Waals surface area contributed by atoms with Crippen molar-refractivity contribution in [2.24, 2.45) is 5.92 Å². The Labute approximate surface area is 109 Å². The fourth-order valence-electron chi connectivity index (χ4n) is 1.20. The van der Waals surface area contributed by atoms with Crippen molar-refractivity contribution >= 4 is 27.5 Å². The Hall–Kier alpha value is -0.330. The lowest BCUT2D eigenvalue weighted by Crippen LogP contribution is -2.42. The molecule has 0 rings (SSSR count). The van der Waals surface area contributed by atoms with Crippen molar-refractivity contribution in [3.63, 3.8) is 0 Å². The van der Waals surface area contributed by atoms with E-state index in [9.17, 15) is 13.2 Å². The van der Waals surface area contributed by atoms with E-state index in [2.05, 4.69) is 5.32 Å². The lowest BCUT2D eigenvalue weighted by atomic mass is 10.3. The Morgan fingerprint density at radius 1 is 1.35 bits per heavy atom. The standard InChI is InChI=1S/C10H21ClN2O3S/c1-8(2)12-10(14)6-13(4)17(15,16)7-9(3)5-11/h8-9H,5-7H2,1-4H3,(H,12,14). The number of rotatable bonds is 7. The molecule has 0 bridgehead atoms. The summed E-state index contributed by atoms with van der Waals surface area (Å²) < 4.78 is 24.7. The first kappa shape index (κ1) is 16.7. The highest BCUT2D eigenvalue weighted by Crippen LogP contribution is 2.07. The van der Waals surface area contributed by atoms with Gasteiger partial charge in [-0.3, -0.25) is 4.79 Å². The topological polar surface area (TPSA) is 66.5 Å². The lowest BCUT2D eigenvalue weighted by Gasteiger charge is -2.19. The molecule has 0 aliphatic heterocycles. The second kappa shape index (κ2) is 7.18. The molecule has 0 aromatic carbocycles. The number of carbonyl (C=O) groups excluding carboxylic acids is 1. The predicted molar refractivity (Wildman–Crippen MR) is 69.6 cm³/mol. The van der Waals surface area contributed by atoms with Gasteiger partial charge in [0.15, 0.2) is 0 Å². The molecule has 5 nitrogen and oxygen atoms in total. The van der Waals surface area contributed by atoms with Gasteiger partial charge in [0.25, 0.3) is 0 Å². The molecule has 0 aromatic rings. The lowest BCUT2D eigenvalue weighted by molar-refractivity contribution is -0.121. The number of hydrogen-bond donors (Lipinski definition) is 1. The molecule has 102 valence electrons. The second-order valence-corrected chi connectivity index (χ2v) is 6.95. The highest BCUT2D eigenvalue weighted by molar-refractivity contribution is 7.89. The molecule has 0 aromatic heterocycles. The van der Waals surface area contributed by atoms with E-state index >= 15 is 0 Å². The monoisotopic (exact) mass is 284 g/mol. The number of alkyl halides is 1. The maximum absolute atomic E-state index is 11.8. The first-order chi connectivity index (χ1) is 7.69. The number of carbonyl (C=O) groups is 1. The van der Waals surface area contributed by atoms with Gasteiger partial charge in [-0.25, -0.2) is 8.42 Å². The van der Waals surface area contributed by atoms with Gasteiger partial charge < -0.3 is 5.32 Å². The number of nitrogens with one attached hydrogen (secondary N) is 1. The number of amides is 1. The van der Waals surface area contributed by atoms with Crippen LogP contribution in [0, 0.1) is 5.92 Å². The summed E-state index contributed by atoms with van der Waals surface area (Å²) in [5.74, 6) is -0.186. The first-order valence-corrected chi connectivity index (χ1v) is 7.62. The van der Waals surface area contributed by atoms with Gasteiger partial charge in [0.1, 0.15) is 0 Å². The van der Waals surface area contributed by atoms with E-state index in [0.29, 0.717) is 0 Å². The van der Waals surface area contributed by atoms with Crippen molar-refractivity contribution in [3.05, 3.63) is 0 Å². The summed E-state index contributed by atoms with van der Waals surface area (Å²) in [5, 5.41) is 2.64. The van der Waals surface area contributed by atoms with Crippen LogP contribution in [-0.4, -0.2) is 49.9 Å². The van der Waals surface area contributed by atoms with E-state index in [1.165, 1.54) is 7.05 Å². The van der Waals surface area contributed by atoms with Gasteiger partial charge in [-0.1, -0.05) is 6.92 Å². The third-order valence-electron chi connectivity index (χ3n) is 2.05. The number of halogens is 1. The minimum Gasteiger partial charge on any atom is -0.353 e. The van der Waals surface area contributed by atoms with Crippen molar-refractivity contribution in [3.8, 4) is 0 Å². The van der Waals surface area contributed by atoms with Crippen LogP contribution in [0.2, 0.25) is 0 Å². The van der Waals surface area contributed by atoms with Crippen molar-refractivity contribution in [1.82, 2.24) is 9.62 Å². The zero-order valence-corrected chi connectivity index (χ0v) is 12.3. The molecule has 0 heterocycles. The third-order valence-corrected chi connectivity index (χ3v) is 4.65. The van der Waals surface area contributed by atoms with E-state index < -0.39 is 10.0 Å². The summed E-state index contributed by atoms with van der Waals surface area (Å²) in [5.41, 5.74) is 0. The smallest absolute Gasteiger partial charge is 0.235 e. The number of likely N-dealkylation sites (N-methyl/N-ethyl adjacent to an activating group) is 1. The fraction of sp³-hybridized carbons (Fsp3) is 0.900. The van der Waals surface area contributed by atoms with Gasteiger partial charge in [-0.2, -0.15) is 4.31 Å². The van der Waals surface area contributed by atoms with Gasteiger partial charge in [0.2, 0.25) is 15.9 Å². The van der Waals surface area contributed by atoms with Crippen LogP contribution < -0.4 is 5.32 Å². The second-order valence-electron chi connectivity index (χ2n) is 4.52. The Balaban J connectivity index is 4.39. The van der Waals surface area contributed by atoms with E-state index in [1.54, 1.807) is 6.92 Å². The van der Waals surface area contributed by atoms with E-state index in [1.807, 2.05) is 13.8 Å². The minimum absolute atomic E-state index is 0.000342. The van der Waals surface area contributed by atoms with Crippen molar-refractivity contribution in [2.45, 2.75) is 26.8 Å². The molecule has 0 aliphatic rings. The SMILES string of the molecule is CC(CCl)CS(=O)(=O)N(C)CC(=O)NC(C)C. The van der Waals surface area contributed by atoms with Gasteiger partial charge in [0, 0.05) is 19.0 Å². The van der Waals surface area contributed by atoms with Crippen LogP contribution in [0.5, 0.6) is 0 Å². The Bertz CT molecular complexity index is 343. The maximum Gasteiger partial charge on any atom is 0.235 e. The molecule has 0 spiro atoms. The number of hydrogen-bond acceptors (Lipinski definition) is 3. The molecule has 7 heteroatoms. The minimum atomic E-state index is -3.41. The molecule has 17 heavy (non-hydrogen) atoms. The molecule has 1 unspecified atom stereocenters. The molecule has 1 atom stereocenters. The van der Waals surface area contributed by atoms with Crippen LogP contribution in [0.4, 0.5) is 0 Å². The van der Waals surface area contributed by atoms with E-state index in [4.69, 9.17) is 11.6 Å². The zero-order valence-electron chi connectivity index (χ0n) is 10.7. The zero-order chi connectivity index (χ0) is 13.6. The number of nitrogens with zero attached hydrogens (tertiary/aromatic N) is 1. The molecule has 1 amide bonds. The van der Waals surface area contributed by atoms with Crippen LogP contribution in [-0.2, 0) is 14.8 Å². The van der Waals surface area contributed by atoms with Crippen LogP contribution in [0.1, 0.15) is 20.8 Å². The molecule has 0 fully saturated rings. The van der Waals surface area contributed by atoms with Crippen LogP contribution in [0.15, 0.2) is 0 Å². The largest absolute Gasteiger partial charge is 0.353 e. The number of sulfonamides is 1. The highest BCUT2D eigenvalue weighted by atomic mass is 35.5. The van der Waals surface area contributed by atoms with Crippen LogP contribution >= 0.6 is 11.6 Å². The summed E-state index contributed by atoms with van der Waals surface area (Å²) in [7, 11) is -2.02. The summed E-state index contributed by atoms with van der Waals surface area (Å²) >= 11 is 5.58. The molecular weight excluding hydrogens is 264 g/mol. The van der Waals surface area contributed by atoms with Crippen LogP contribution in [0.3, 0.4) is 0 Å². The molecule has 0 saturated heterocycles. The van der Waals surface area contributed by atoms with Gasteiger partial charge in [0.05, 0.1) is 12.3 Å². The molecule has 1 N–H and O–H groups in total. The first-order valence-electron chi connectivity index (χ1n) is 5.48. The van der Waals surface area contributed by atoms with Gasteiger partial charge in [-0.15, -0.1) is 11.6 Å². The van der Waals surface area contributed by atoms with E-state index in [0.717, 1.165) is 4.31 Å². The van der Waals surface area contributed by atoms with Crippen molar-refractivity contribution in [2.75, 3.05) is 25.2 Å². The summed E-state index contributed by atoms with van der Waals surface area (Å²) in [6.07, 6.45) is 0. The van der Waals surface area contributed by atoms with Crippen molar-refractivity contribution < 1.29 is 13.2 Å². The normalized spacial score (nSPS) is 14.1. The average molecular weight is 285 g/mol. The molecule has 0 aliphatic carbocycles. The summed E-state index contributed by atoms with van der Waals surface area (Å²) in [6, 6.07) is 0.000342. The van der Waals surface area contributed by atoms with Gasteiger partial charge in [-0.05, 0) is 19.8 Å². The Morgan fingerprint density at radius 3 is 2.29 bits per heavy atom. The Kier molecular flexibility index (Phi) is 7.04. The molecular formula is C10H21ClN2O3S. The summed E-state index contributed by atoms with van der Waals surface area (Å²) in [4.78, 5) is 11.4. The van der Waals surface area contributed by atoms with E-state index in [-0.39, 0.29) is 36.0 Å².